The Labute approximate surface area is 125 Å². The number of aromatic nitrogens is 1. The van der Waals surface area contributed by atoms with Gasteiger partial charge in [0.1, 0.15) is 0 Å². The first-order valence-electron chi connectivity index (χ1n) is 6.92. The van der Waals surface area contributed by atoms with E-state index in [1.165, 1.54) is 4.90 Å². The molecule has 0 bridgehead atoms. The minimum atomic E-state index is 0.230. The number of nitrogens with zero attached hydrogens (tertiary/aromatic N) is 1. The van der Waals surface area contributed by atoms with Crippen LogP contribution in [0.4, 0.5) is 5.69 Å². The lowest BCUT2D eigenvalue weighted by Crippen LogP contribution is -2.25. The lowest BCUT2D eigenvalue weighted by Gasteiger charge is -2.19. The maximum Gasteiger partial charge on any atom is 0.0451 e. The molecule has 2 aromatic rings. The highest BCUT2D eigenvalue weighted by atomic mass is 32.2. The van der Waals surface area contributed by atoms with Crippen molar-refractivity contribution < 1.29 is 0 Å². The second-order valence-electron chi connectivity index (χ2n) is 4.64. The molecule has 0 radical (unpaired) electrons. The summed E-state index contributed by atoms with van der Waals surface area (Å²) in [5, 5.41) is 3.56. The fourth-order valence-electron chi connectivity index (χ4n) is 1.98. The molecule has 106 valence electrons. The molecule has 0 aliphatic heterocycles. The Morgan fingerprint density at radius 2 is 2.05 bits per heavy atom. The average Bonchev–Trinajstić information content (AvgIpc) is 2.49. The van der Waals surface area contributed by atoms with Crippen LogP contribution in [0.25, 0.3) is 0 Å². The standard InChI is InChI=1S/C16H21N3S/c1-2-9-19-16(14-11-18-10-8-15(14)17)12-20-13-6-4-3-5-7-13/h3-8,10-11,16,19H,2,9,12H2,1H3,(H2,17,18). The van der Waals surface area contributed by atoms with Crippen LogP contribution in [0.3, 0.4) is 0 Å². The van der Waals surface area contributed by atoms with E-state index < -0.39 is 0 Å². The Morgan fingerprint density at radius 3 is 2.75 bits per heavy atom. The van der Waals surface area contributed by atoms with Crippen molar-refractivity contribution in [3.63, 3.8) is 0 Å². The second-order valence-corrected chi connectivity index (χ2v) is 5.73. The zero-order chi connectivity index (χ0) is 14.2. The SMILES string of the molecule is CCCNC(CSc1ccccc1)c1cnccc1N. The predicted molar refractivity (Wildman–Crippen MR) is 86.9 cm³/mol. The number of hydrogen-bond donors (Lipinski definition) is 2. The van der Waals surface area contributed by atoms with Gasteiger partial charge in [-0.3, -0.25) is 4.98 Å². The van der Waals surface area contributed by atoms with Gasteiger partial charge in [0, 0.05) is 40.3 Å². The van der Waals surface area contributed by atoms with Gasteiger partial charge in [0.05, 0.1) is 0 Å². The van der Waals surface area contributed by atoms with Gasteiger partial charge in [-0.2, -0.15) is 0 Å². The van der Waals surface area contributed by atoms with E-state index in [0.29, 0.717) is 0 Å². The number of rotatable bonds is 7. The van der Waals surface area contributed by atoms with Gasteiger partial charge < -0.3 is 11.1 Å². The highest BCUT2D eigenvalue weighted by Gasteiger charge is 2.14. The highest BCUT2D eigenvalue weighted by molar-refractivity contribution is 7.99. The summed E-state index contributed by atoms with van der Waals surface area (Å²) in [6, 6.07) is 12.5. The number of nitrogens with two attached hydrogens (primary N) is 1. The molecule has 0 saturated carbocycles. The van der Waals surface area contributed by atoms with Crippen LogP contribution in [0.2, 0.25) is 0 Å². The van der Waals surface area contributed by atoms with Gasteiger partial charge in [0.2, 0.25) is 0 Å². The molecule has 0 aliphatic carbocycles. The minimum Gasteiger partial charge on any atom is -0.398 e. The van der Waals surface area contributed by atoms with Crippen LogP contribution in [0.15, 0.2) is 53.7 Å². The lowest BCUT2D eigenvalue weighted by molar-refractivity contribution is 0.577. The van der Waals surface area contributed by atoms with E-state index in [-0.39, 0.29) is 6.04 Å². The third kappa shape index (κ3) is 4.25. The molecular weight excluding hydrogens is 266 g/mol. The number of benzene rings is 1. The topological polar surface area (TPSA) is 50.9 Å². The second kappa shape index (κ2) is 7.92. The fraction of sp³-hybridized carbons (Fsp3) is 0.312. The molecule has 0 amide bonds. The first-order chi connectivity index (χ1) is 9.81. The Hall–Kier alpha value is -1.52. The van der Waals surface area contributed by atoms with Crippen molar-refractivity contribution in [1.29, 1.82) is 0 Å². The summed E-state index contributed by atoms with van der Waals surface area (Å²) >= 11 is 1.84. The van der Waals surface area contributed by atoms with Gasteiger partial charge in [0.15, 0.2) is 0 Å². The minimum absolute atomic E-state index is 0.230. The number of anilines is 1. The first kappa shape index (κ1) is 14.9. The molecule has 20 heavy (non-hydrogen) atoms. The first-order valence-corrected chi connectivity index (χ1v) is 7.90. The zero-order valence-corrected chi connectivity index (χ0v) is 12.6. The highest BCUT2D eigenvalue weighted by Crippen LogP contribution is 2.27. The lowest BCUT2D eigenvalue weighted by atomic mass is 10.1. The Morgan fingerprint density at radius 1 is 1.25 bits per heavy atom. The molecule has 1 unspecified atom stereocenters. The van der Waals surface area contributed by atoms with Gasteiger partial charge in [-0.15, -0.1) is 11.8 Å². The van der Waals surface area contributed by atoms with E-state index in [9.17, 15) is 0 Å². The molecule has 4 heteroatoms. The van der Waals surface area contributed by atoms with E-state index in [1.807, 2.05) is 30.1 Å². The summed E-state index contributed by atoms with van der Waals surface area (Å²) in [5.74, 6) is 0.944. The van der Waals surface area contributed by atoms with Crippen LogP contribution in [0.1, 0.15) is 24.9 Å². The largest absolute Gasteiger partial charge is 0.398 e. The molecule has 1 atom stereocenters. The van der Waals surface area contributed by atoms with Crippen molar-refractivity contribution in [3.8, 4) is 0 Å². The summed E-state index contributed by atoms with van der Waals surface area (Å²) in [5.41, 5.74) is 7.97. The van der Waals surface area contributed by atoms with Crippen molar-refractivity contribution in [2.24, 2.45) is 0 Å². The van der Waals surface area contributed by atoms with Gasteiger partial charge in [-0.1, -0.05) is 25.1 Å². The van der Waals surface area contributed by atoms with Crippen molar-refractivity contribution >= 4 is 17.4 Å². The number of nitrogens with one attached hydrogen (secondary N) is 1. The van der Waals surface area contributed by atoms with Crippen molar-refractivity contribution in [3.05, 3.63) is 54.4 Å². The van der Waals surface area contributed by atoms with Crippen LogP contribution in [-0.2, 0) is 0 Å². The summed E-state index contributed by atoms with van der Waals surface area (Å²) in [7, 11) is 0. The summed E-state index contributed by atoms with van der Waals surface area (Å²) in [6.07, 6.45) is 4.71. The summed E-state index contributed by atoms with van der Waals surface area (Å²) in [4.78, 5) is 5.48. The number of thioether (sulfide) groups is 1. The maximum atomic E-state index is 6.07. The zero-order valence-electron chi connectivity index (χ0n) is 11.8. The Balaban J connectivity index is 2.06. The van der Waals surface area contributed by atoms with E-state index in [0.717, 1.165) is 30.0 Å². The van der Waals surface area contributed by atoms with E-state index in [2.05, 4.69) is 41.5 Å². The van der Waals surface area contributed by atoms with E-state index in [1.54, 1.807) is 6.20 Å². The van der Waals surface area contributed by atoms with Crippen molar-refractivity contribution in [2.45, 2.75) is 24.3 Å². The number of pyridine rings is 1. The molecule has 1 heterocycles. The molecule has 1 aromatic heterocycles. The molecular formula is C16H21N3S. The van der Waals surface area contributed by atoms with Gasteiger partial charge in [0.25, 0.3) is 0 Å². The molecule has 0 spiro atoms. The summed E-state index contributed by atoms with van der Waals surface area (Å²) in [6.45, 7) is 3.15. The number of nitrogen functional groups attached to an aromatic ring is 1. The molecule has 3 nitrogen and oxygen atoms in total. The van der Waals surface area contributed by atoms with Gasteiger partial charge in [-0.05, 0) is 31.2 Å². The third-order valence-electron chi connectivity index (χ3n) is 3.06. The number of hydrogen-bond acceptors (Lipinski definition) is 4. The van der Waals surface area contributed by atoms with Gasteiger partial charge in [-0.25, -0.2) is 0 Å². The van der Waals surface area contributed by atoms with Crippen LogP contribution < -0.4 is 11.1 Å². The Bertz CT molecular complexity index is 516. The van der Waals surface area contributed by atoms with Crippen molar-refractivity contribution in [1.82, 2.24) is 10.3 Å². The van der Waals surface area contributed by atoms with E-state index >= 15 is 0 Å². The quantitative estimate of drug-likeness (QED) is 0.765. The predicted octanol–water partition coefficient (Wildman–Crippen LogP) is 3.50. The monoisotopic (exact) mass is 287 g/mol. The average molecular weight is 287 g/mol. The molecule has 2 rings (SSSR count). The molecule has 0 saturated heterocycles. The maximum absolute atomic E-state index is 6.07. The normalized spacial score (nSPS) is 12.2. The van der Waals surface area contributed by atoms with Crippen molar-refractivity contribution in [2.75, 3.05) is 18.0 Å². The summed E-state index contributed by atoms with van der Waals surface area (Å²) < 4.78 is 0. The van der Waals surface area contributed by atoms with Crippen LogP contribution in [0.5, 0.6) is 0 Å². The third-order valence-corrected chi connectivity index (χ3v) is 4.17. The van der Waals surface area contributed by atoms with E-state index in [4.69, 9.17) is 5.73 Å². The van der Waals surface area contributed by atoms with Gasteiger partial charge >= 0.3 is 0 Å². The Kier molecular flexibility index (Phi) is 5.89. The smallest absolute Gasteiger partial charge is 0.0451 e. The molecule has 0 aliphatic rings. The molecule has 3 N–H and O–H groups in total. The van der Waals surface area contributed by atoms with Crippen LogP contribution in [-0.4, -0.2) is 17.3 Å². The van der Waals surface area contributed by atoms with Crippen LogP contribution >= 0.6 is 11.8 Å². The fourth-order valence-corrected chi connectivity index (χ4v) is 2.99. The van der Waals surface area contributed by atoms with Crippen LogP contribution in [0, 0.1) is 0 Å². The molecule has 1 aromatic carbocycles. The molecule has 0 fully saturated rings.